The number of carbonyl (C=O) groups is 1. The molecule has 0 aliphatic rings. The van der Waals surface area contributed by atoms with E-state index >= 15 is 0 Å². The molecule has 7 nitrogen and oxygen atoms in total. The first kappa shape index (κ1) is 15.7. The van der Waals surface area contributed by atoms with Crippen molar-refractivity contribution in [2.75, 3.05) is 30.4 Å². The van der Waals surface area contributed by atoms with Crippen LogP contribution in [-0.4, -0.2) is 31.0 Å². The number of benzene rings is 1. The van der Waals surface area contributed by atoms with Gasteiger partial charge in [0, 0.05) is 37.1 Å². The van der Waals surface area contributed by atoms with Gasteiger partial charge in [-0.05, 0) is 12.0 Å². The number of nitro benzene ring substituents is 1. The van der Waals surface area contributed by atoms with E-state index in [0.29, 0.717) is 23.8 Å². The fourth-order valence-corrected chi connectivity index (χ4v) is 1.92. The van der Waals surface area contributed by atoms with E-state index in [9.17, 15) is 14.9 Å². The van der Waals surface area contributed by atoms with Crippen LogP contribution in [0.4, 0.5) is 17.1 Å². The molecule has 0 aliphatic carbocycles. The van der Waals surface area contributed by atoms with Crippen molar-refractivity contribution in [1.82, 2.24) is 0 Å². The van der Waals surface area contributed by atoms with E-state index in [4.69, 9.17) is 5.73 Å². The lowest BCUT2D eigenvalue weighted by Gasteiger charge is -2.25. The van der Waals surface area contributed by atoms with Crippen LogP contribution in [0.2, 0.25) is 0 Å². The Hall–Kier alpha value is -2.31. The number of carbonyl (C=O) groups excluding carboxylic acids is 1. The quantitative estimate of drug-likeness (QED) is 0.583. The molecule has 0 aromatic heterocycles. The molecule has 0 radical (unpaired) electrons. The van der Waals surface area contributed by atoms with Crippen LogP contribution in [0.15, 0.2) is 18.2 Å². The number of nitrogens with zero attached hydrogens (tertiary/aromatic N) is 2. The lowest BCUT2D eigenvalue weighted by atomic mass is 10.1. The van der Waals surface area contributed by atoms with Crippen molar-refractivity contribution in [3.05, 3.63) is 28.3 Å². The first-order valence-corrected chi connectivity index (χ1v) is 6.34. The molecule has 0 saturated heterocycles. The molecule has 0 aliphatic heterocycles. The van der Waals surface area contributed by atoms with Crippen molar-refractivity contribution in [2.24, 2.45) is 11.7 Å². The minimum absolute atomic E-state index is 0.0231. The third kappa shape index (κ3) is 4.42. The van der Waals surface area contributed by atoms with E-state index in [0.717, 1.165) is 0 Å². The molecule has 1 aromatic carbocycles. The maximum atomic E-state index is 11.2. The second kappa shape index (κ2) is 6.74. The van der Waals surface area contributed by atoms with Gasteiger partial charge in [0.2, 0.25) is 5.91 Å². The molecule has 110 valence electrons. The molecule has 1 amide bonds. The third-order valence-electron chi connectivity index (χ3n) is 2.70. The summed E-state index contributed by atoms with van der Waals surface area (Å²) < 4.78 is 0. The fourth-order valence-electron chi connectivity index (χ4n) is 1.92. The summed E-state index contributed by atoms with van der Waals surface area (Å²) in [7, 11) is 1.68. The second-order valence-electron chi connectivity index (χ2n) is 4.99. The zero-order valence-corrected chi connectivity index (χ0v) is 11.9. The van der Waals surface area contributed by atoms with Crippen LogP contribution in [0.25, 0.3) is 0 Å². The Morgan fingerprint density at radius 1 is 1.45 bits per heavy atom. The predicted octanol–water partition coefficient (Wildman–Crippen LogP) is 1.58. The molecule has 1 aromatic rings. The van der Waals surface area contributed by atoms with Crippen LogP contribution in [0.3, 0.4) is 0 Å². The minimum Gasteiger partial charge on any atom is -0.388 e. The summed E-state index contributed by atoms with van der Waals surface area (Å²) in [4.78, 5) is 23.4. The van der Waals surface area contributed by atoms with Crippen LogP contribution in [-0.2, 0) is 4.79 Å². The summed E-state index contributed by atoms with van der Waals surface area (Å²) in [5.41, 5.74) is 6.45. The van der Waals surface area contributed by atoms with Crippen LogP contribution in [0.5, 0.6) is 0 Å². The van der Waals surface area contributed by atoms with Crippen LogP contribution in [0.1, 0.15) is 13.8 Å². The molecule has 0 atom stereocenters. The number of non-ortho nitro benzene ring substituents is 1. The number of hydrogen-bond acceptors (Lipinski definition) is 5. The van der Waals surface area contributed by atoms with Crippen molar-refractivity contribution >= 4 is 23.0 Å². The van der Waals surface area contributed by atoms with Gasteiger partial charge in [-0.3, -0.25) is 14.9 Å². The summed E-state index contributed by atoms with van der Waals surface area (Å²) in [5.74, 6) is -0.171. The Bertz CT molecular complexity index is 502. The standard InChI is InChI=1S/C13H20N4O3/c1-9(2)7-16(8-13(14)18)11-4-10(15-3)5-12(6-11)17(19)20/h4-6,9,15H,7-8H2,1-3H3,(H2,14,18). The van der Waals surface area contributed by atoms with Crippen LogP contribution in [0, 0.1) is 16.0 Å². The molecule has 3 N–H and O–H groups in total. The normalized spacial score (nSPS) is 10.4. The van der Waals surface area contributed by atoms with Gasteiger partial charge in [0.25, 0.3) is 5.69 Å². The smallest absolute Gasteiger partial charge is 0.273 e. The highest BCUT2D eigenvalue weighted by molar-refractivity contribution is 5.80. The molecular weight excluding hydrogens is 260 g/mol. The van der Waals surface area contributed by atoms with Gasteiger partial charge >= 0.3 is 0 Å². The van der Waals surface area contributed by atoms with Gasteiger partial charge in [-0.25, -0.2) is 0 Å². The van der Waals surface area contributed by atoms with Gasteiger partial charge in [0.05, 0.1) is 11.5 Å². The number of hydrogen-bond donors (Lipinski definition) is 2. The number of amides is 1. The molecule has 0 bridgehead atoms. The molecule has 0 saturated carbocycles. The topological polar surface area (TPSA) is 102 Å². The van der Waals surface area contributed by atoms with Crippen molar-refractivity contribution < 1.29 is 9.72 Å². The number of nitrogens with one attached hydrogen (secondary N) is 1. The van der Waals surface area contributed by atoms with E-state index in [1.54, 1.807) is 18.0 Å². The molecule has 1 rings (SSSR count). The van der Waals surface area contributed by atoms with Crippen LogP contribution >= 0.6 is 0 Å². The number of primary amides is 1. The number of anilines is 2. The minimum atomic E-state index is -0.469. The van der Waals surface area contributed by atoms with E-state index in [2.05, 4.69) is 5.32 Å². The van der Waals surface area contributed by atoms with Gasteiger partial charge in [-0.15, -0.1) is 0 Å². The highest BCUT2D eigenvalue weighted by atomic mass is 16.6. The second-order valence-corrected chi connectivity index (χ2v) is 4.99. The summed E-state index contributed by atoms with van der Waals surface area (Å²) in [5, 5.41) is 13.8. The fraction of sp³-hybridized carbons (Fsp3) is 0.462. The van der Waals surface area contributed by atoms with Crippen molar-refractivity contribution in [3.8, 4) is 0 Å². The monoisotopic (exact) mass is 280 g/mol. The first-order valence-electron chi connectivity index (χ1n) is 6.34. The van der Waals surface area contributed by atoms with Crippen molar-refractivity contribution in [3.63, 3.8) is 0 Å². The van der Waals surface area contributed by atoms with Gasteiger partial charge in [0.15, 0.2) is 0 Å². The van der Waals surface area contributed by atoms with Crippen LogP contribution < -0.4 is 16.0 Å². The average Bonchev–Trinajstić information content (AvgIpc) is 2.36. The van der Waals surface area contributed by atoms with Gasteiger partial charge < -0.3 is 16.0 Å². The zero-order chi connectivity index (χ0) is 15.3. The summed E-state index contributed by atoms with van der Waals surface area (Å²) in [6.45, 7) is 4.63. The molecule has 0 spiro atoms. The van der Waals surface area contributed by atoms with E-state index in [-0.39, 0.29) is 12.2 Å². The van der Waals surface area contributed by atoms with Gasteiger partial charge in [-0.2, -0.15) is 0 Å². The Kier molecular flexibility index (Phi) is 5.31. The largest absolute Gasteiger partial charge is 0.388 e. The number of nitro groups is 1. The maximum Gasteiger partial charge on any atom is 0.273 e. The Morgan fingerprint density at radius 2 is 2.10 bits per heavy atom. The summed E-state index contributed by atoms with van der Waals surface area (Å²) >= 11 is 0. The predicted molar refractivity (Wildman–Crippen MR) is 78.9 cm³/mol. The van der Waals surface area contributed by atoms with Crippen molar-refractivity contribution in [2.45, 2.75) is 13.8 Å². The Balaban J connectivity index is 3.19. The van der Waals surface area contributed by atoms with Gasteiger partial charge in [-0.1, -0.05) is 13.8 Å². The Morgan fingerprint density at radius 3 is 2.55 bits per heavy atom. The number of rotatable bonds is 7. The lowest BCUT2D eigenvalue weighted by molar-refractivity contribution is -0.384. The van der Waals surface area contributed by atoms with E-state index in [1.807, 2.05) is 13.8 Å². The van der Waals surface area contributed by atoms with E-state index < -0.39 is 10.8 Å². The molecule has 0 heterocycles. The first-order chi connectivity index (χ1) is 9.33. The summed E-state index contributed by atoms with van der Waals surface area (Å²) in [6.07, 6.45) is 0. The molecular formula is C13H20N4O3. The molecule has 0 fully saturated rings. The van der Waals surface area contributed by atoms with E-state index in [1.165, 1.54) is 12.1 Å². The average molecular weight is 280 g/mol. The SMILES string of the molecule is CNc1cc(N(CC(N)=O)CC(C)C)cc([N+](=O)[O-])c1. The molecule has 0 unspecified atom stereocenters. The summed E-state index contributed by atoms with van der Waals surface area (Å²) in [6, 6.07) is 4.66. The maximum absolute atomic E-state index is 11.2. The molecule has 7 heteroatoms. The third-order valence-corrected chi connectivity index (χ3v) is 2.70. The highest BCUT2D eigenvalue weighted by Crippen LogP contribution is 2.27. The highest BCUT2D eigenvalue weighted by Gasteiger charge is 2.16. The van der Waals surface area contributed by atoms with Gasteiger partial charge in [0.1, 0.15) is 0 Å². The zero-order valence-electron chi connectivity index (χ0n) is 11.9. The lowest BCUT2D eigenvalue weighted by Crippen LogP contribution is -2.36. The number of nitrogens with two attached hydrogens (primary N) is 1. The Labute approximate surface area is 117 Å². The van der Waals surface area contributed by atoms with Crippen molar-refractivity contribution in [1.29, 1.82) is 0 Å². The molecule has 20 heavy (non-hydrogen) atoms.